The van der Waals surface area contributed by atoms with E-state index in [-0.39, 0.29) is 12.0 Å². The van der Waals surface area contributed by atoms with Crippen molar-refractivity contribution in [2.75, 3.05) is 13.2 Å². The molecule has 4 rings (SSSR count). The Labute approximate surface area is 175 Å². The first-order chi connectivity index (χ1) is 14.2. The summed E-state index contributed by atoms with van der Waals surface area (Å²) in [5, 5.41) is 2.93. The normalized spacial score (nSPS) is 15.0. The molecule has 0 saturated carbocycles. The number of hydrogen-bond acceptors (Lipinski definition) is 4. The molecule has 1 atom stereocenters. The molecule has 1 aliphatic heterocycles. The van der Waals surface area contributed by atoms with Crippen LogP contribution in [-0.2, 0) is 5.75 Å². The monoisotopic (exact) mass is 405 g/mol. The fraction of sp³-hybridized carbons (Fsp3) is 0.208. The first-order valence-electron chi connectivity index (χ1n) is 9.62. The van der Waals surface area contributed by atoms with Crippen molar-refractivity contribution in [1.29, 1.82) is 0 Å². The lowest BCUT2D eigenvalue weighted by Gasteiger charge is -2.26. The summed E-state index contributed by atoms with van der Waals surface area (Å²) in [7, 11) is 0. The minimum Gasteiger partial charge on any atom is -0.486 e. The van der Waals surface area contributed by atoms with E-state index in [1.165, 1.54) is 16.0 Å². The number of ether oxygens (including phenoxy) is 2. The van der Waals surface area contributed by atoms with Gasteiger partial charge >= 0.3 is 0 Å². The number of amides is 1. The second-order valence-corrected chi connectivity index (χ2v) is 8.06. The van der Waals surface area contributed by atoms with E-state index >= 15 is 0 Å². The average Bonchev–Trinajstić information content (AvgIpc) is 2.77. The minimum absolute atomic E-state index is 0.106. The number of carbonyl (C=O) groups is 1. The lowest BCUT2D eigenvalue weighted by molar-refractivity contribution is 0.0789. The number of thioether (sulfide) groups is 1. The molecular formula is C24H23NO3S. The largest absolute Gasteiger partial charge is 0.486 e. The molecule has 0 aromatic heterocycles. The molecule has 1 unspecified atom stereocenters. The molecule has 29 heavy (non-hydrogen) atoms. The molecule has 1 amide bonds. The number of aryl methyl sites for hydroxylation is 1. The van der Waals surface area contributed by atoms with Crippen molar-refractivity contribution in [3.63, 3.8) is 0 Å². The fourth-order valence-electron chi connectivity index (χ4n) is 3.03. The van der Waals surface area contributed by atoms with Crippen molar-refractivity contribution in [3.8, 4) is 11.5 Å². The van der Waals surface area contributed by atoms with Gasteiger partial charge in [-0.2, -0.15) is 0 Å². The fourth-order valence-corrected chi connectivity index (χ4v) is 3.88. The molecule has 0 aliphatic carbocycles. The molecule has 1 N–H and O–H groups in total. The maximum atomic E-state index is 12.4. The van der Waals surface area contributed by atoms with Crippen LogP contribution < -0.4 is 14.8 Å². The molecule has 0 spiro atoms. The highest BCUT2D eigenvalue weighted by molar-refractivity contribution is 7.98. The third-order valence-corrected chi connectivity index (χ3v) is 5.78. The van der Waals surface area contributed by atoms with E-state index in [4.69, 9.17) is 9.47 Å². The van der Waals surface area contributed by atoms with Gasteiger partial charge in [0.1, 0.15) is 12.7 Å². The Kier molecular flexibility index (Phi) is 6.06. The molecule has 0 fully saturated rings. The number of fused-ring (bicyclic) bond motifs is 1. The summed E-state index contributed by atoms with van der Waals surface area (Å²) in [4.78, 5) is 13.7. The number of hydrogen-bond donors (Lipinski definition) is 1. The number of benzene rings is 3. The van der Waals surface area contributed by atoms with Gasteiger partial charge in [0.15, 0.2) is 11.5 Å². The van der Waals surface area contributed by atoms with Crippen LogP contribution >= 0.6 is 11.8 Å². The summed E-state index contributed by atoms with van der Waals surface area (Å²) in [6, 6.07) is 23.8. The quantitative estimate of drug-likeness (QED) is 0.595. The second kappa shape index (κ2) is 9.05. The number of nitrogens with one attached hydrogen (secondary N) is 1. The summed E-state index contributed by atoms with van der Waals surface area (Å²) in [6.45, 7) is 2.91. The number of carbonyl (C=O) groups excluding carboxylic acids is 1. The highest BCUT2D eigenvalue weighted by Crippen LogP contribution is 2.30. The topological polar surface area (TPSA) is 47.6 Å². The van der Waals surface area contributed by atoms with Crippen LogP contribution in [0, 0.1) is 6.92 Å². The summed E-state index contributed by atoms with van der Waals surface area (Å²) >= 11 is 1.79. The van der Waals surface area contributed by atoms with E-state index in [1.807, 2.05) is 48.5 Å². The van der Waals surface area contributed by atoms with Gasteiger partial charge in [0.2, 0.25) is 0 Å². The van der Waals surface area contributed by atoms with Gasteiger partial charge in [0.05, 0.1) is 6.54 Å². The van der Waals surface area contributed by atoms with E-state index < -0.39 is 0 Å². The molecule has 1 aliphatic rings. The molecule has 3 aromatic rings. The van der Waals surface area contributed by atoms with E-state index in [1.54, 1.807) is 11.8 Å². The Morgan fingerprint density at radius 1 is 1.00 bits per heavy atom. The van der Waals surface area contributed by atoms with Gasteiger partial charge in [-0.05, 0) is 48.9 Å². The maximum absolute atomic E-state index is 12.4. The van der Waals surface area contributed by atoms with Crippen LogP contribution in [0.5, 0.6) is 11.5 Å². The highest BCUT2D eigenvalue weighted by Gasteiger charge is 2.21. The van der Waals surface area contributed by atoms with Crippen molar-refractivity contribution in [2.45, 2.75) is 23.7 Å². The molecule has 0 bridgehead atoms. The Morgan fingerprint density at radius 2 is 1.72 bits per heavy atom. The van der Waals surface area contributed by atoms with Gasteiger partial charge < -0.3 is 14.8 Å². The van der Waals surface area contributed by atoms with Crippen LogP contribution in [0.1, 0.15) is 21.5 Å². The van der Waals surface area contributed by atoms with Gasteiger partial charge in [-0.25, -0.2) is 0 Å². The van der Waals surface area contributed by atoms with E-state index in [0.29, 0.717) is 24.5 Å². The molecule has 0 saturated heterocycles. The van der Waals surface area contributed by atoms with Crippen LogP contribution in [0.15, 0.2) is 77.7 Å². The zero-order chi connectivity index (χ0) is 20.1. The molecule has 1 heterocycles. The first-order valence-corrected chi connectivity index (χ1v) is 10.6. The Balaban J connectivity index is 1.26. The van der Waals surface area contributed by atoms with Crippen molar-refractivity contribution in [1.82, 2.24) is 5.32 Å². The highest BCUT2D eigenvalue weighted by atomic mass is 32.2. The molecule has 3 aromatic carbocycles. The van der Waals surface area contributed by atoms with E-state index in [2.05, 4.69) is 36.5 Å². The zero-order valence-corrected chi connectivity index (χ0v) is 17.1. The maximum Gasteiger partial charge on any atom is 0.251 e. The predicted molar refractivity (Wildman–Crippen MR) is 116 cm³/mol. The van der Waals surface area contributed by atoms with Crippen molar-refractivity contribution < 1.29 is 14.3 Å². The summed E-state index contributed by atoms with van der Waals surface area (Å²) in [6.07, 6.45) is -0.195. The smallest absolute Gasteiger partial charge is 0.251 e. The van der Waals surface area contributed by atoms with Crippen LogP contribution in [0.4, 0.5) is 0 Å². The van der Waals surface area contributed by atoms with Crippen molar-refractivity contribution in [3.05, 3.63) is 89.5 Å². The molecule has 148 valence electrons. The van der Waals surface area contributed by atoms with Gasteiger partial charge in [-0.1, -0.05) is 42.0 Å². The molecule has 0 radical (unpaired) electrons. The van der Waals surface area contributed by atoms with E-state index in [9.17, 15) is 4.79 Å². The Hall–Kier alpha value is -2.92. The Bertz CT molecular complexity index is 970. The average molecular weight is 406 g/mol. The van der Waals surface area contributed by atoms with Gasteiger partial charge in [-0.15, -0.1) is 11.8 Å². The third kappa shape index (κ3) is 5.12. The zero-order valence-electron chi connectivity index (χ0n) is 16.3. The summed E-state index contributed by atoms with van der Waals surface area (Å²) in [5.41, 5.74) is 3.10. The van der Waals surface area contributed by atoms with Gasteiger partial charge in [0, 0.05) is 16.2 Å². The van der Waals surface area contributed by atoms with Crippen LogP contribution in [0.25, 0.3) is 0 Å². The Morgan fingerprint density at radius 3 is 2.48 bits per heavy atom. The van der Waals surface area contributed by atoms with Gasteiger partial charge in [-0.3, -0.25) is 4.79 Å². The van der Waals surface area contributed by atoms with E-state index in [0.717, 1.165) is 11.5 Å². The van der Waals surface area contributed by atoms with Gasteiger partial charge in [0.25, 0.3) is 5.91 Å². The lowest BCUT2D eigenvalue weighted by Crippen LogP contribution is -2.40. The first kappa shape index (κ1) is 19.4. The van der Waals surface area contributed by atoms with Crippen LogP contribution in [-0.4, -0.2) is 25.2 Å². The van der Waals surface area contributed by atoms with Crippen LogP contribution in [0.3, 0.4) is 0 Å². The predicted octanol–water partition coefficient (Wildman–Crippen LogP) is 4.86. The minimum atomic E-state index is -0.195. The molecule has 4 nitrogen and oxygen atoms in total. The number of para-hydroxylation sites is 2. The summed E-state index contributed by atoms with van der Waals surface area (Å²) < 4.78 is 11.6. The lowest BCUT2D eigenvalue weighted by atomic mass is 10.1. The second-order valence-electron chi connectivity index (χ2n) is 7.01. The van der Waals surface area contributed by atoms with Crippen LogP contribution in [0.2, 0.25) is 0 Å². The van der Waals surface area contributed by atoms with Crippen molar-refractivity contribution in [2.24, 2.45) is 0 Å². The van der Waals surface area contributed by atoms with Crippen molar-refractivity contribution >= 4 is 17.7 Å². The molecular weight excluding hydrogens is 382 g/mol. The third-order valence-electron chi connectivity index (χ3n) is 4.70. The molecule has 5 heteroatoms. The SMILES string of the molecule is Cc1ccc(SCc2ccc(C(=O)NCC3COc4ccccc4O3)cc2)cc1. The summed E-state index contributed by atoms with van der Waals surface area (Å²) in [5.74, 6) is 2.23. The number of rotatable bonds is 6. The standard InChI is InChI=1S/C24H23NO3S/c1-17-6-12-21(13-7-17)29-16-18-8-10-19(11-9-18)24(26)25-14-20-15-27-22-4-2-3-5-23(22)28-20/h2-13,20H,14-16H2,1H3,(H,25,26).